The summed E-state index contributed by atoms with van der Waals surface area (Å²) < 4.78 is 8.00. The molecule has 0 radical (unpaired) electrons. The number of urea groups is 1. The SMILES string of the molecule is COc1ccc(NC(=O)Nc2cccc(C(C)=NO)c2)cc1-c1c(Br)cnn1C. The number of benzene rings is 2. The number of nitrogens with one attached hydrogen (secondary N) is 2. The second-order valence-corrected chi connectivity index (χ2v) is 7.08. The van der Waals surface area contributed by atoms with E-state index < -0.39 is 6.03 Å². The molecule has 2 aromatic carbocycles. The predicted octanol–water partition coefficient (Wildman–Crippen LogP) is 4.70. The molecule has 0 aliphatic heterocycles. The fourth-order valence-corrected chi connectivity index (χ4v) is 3.42. The molecule has 3 rings (SSSR count). The molecule has 0 aliphatic rings. The number of methoxy groups -OCH3 is 1. The molecule has 150 valence electrons. The van der Waals surface area contributed by atoms with E-state index in [2.05, 4.69) is 36.8 Å². The van der Waals surface area contributed by atoms with Crippen LogP contribution in [0.1, 0.15) is 12.5 Å². The van der Waals surface area contributed by atoms with Crippen LogP contribution in [0.5, 0.6) is 5.75 Å². The minimum absolute atomic E-state index is 0.402. The van der Waals surface area contributed by atoms with Crippen molar-refractivity contribution in [3.63, 3.8) is 0 Å². The zero-order valence-corrected chi connectivity index (χ0v) is 17.7. The van der Waals surface area contributed by atoms with Crippen LogP contribution in [-0.4, -0.2) is 33.8 Å². The molecule has 0 atom stereocenters. The van der Waals surface area contributed by atoms with Crippen molar-refractivity contribution >= 4 is 39.0 Å². The van der Waals surface area contributed by atoms with Gasteiger partial charge < -0.3 is 20.6 Å². The number of oxime groups is 1. The summed E-state index contributed by atoms with van der Waals surface area (Å²) in [5.74, 6) is 0.659. The number of ether oxygens (including phenoxy) is 1. The molecule has 9 heteroatoms. The van der Waals surface area contributed by atoms with Crippen LogP contribution in [0.25, 0.3) is 11.3 Å². The van der Waals surface area contributed by atoms with E-state index in [1.807, 2.05) is 13.1 Å². The predicted molar refractivity (Wildman–Crippen MR) is 116 cm³/mol. The Morgan fingerprint density at radius 1 is 1.21 bits per heavy atom. The molecule has 1 heterocycles. The highest BCUT2D eigenvalue weighted by molar-refractivity contribution is 9.10. The molecule has 0 saturated heterocycles. The normalized spacial score (nSPS) is 11.2. The van der Waals surface area contributed by atoms with Gasteiger partial charge in [-0.15, -0.1) is 0 Å². The lowest BCUT2D eigenvalue weighted by atomic mass is 10.1. The number of nitrogens with zero attached hydrogens (tertiary/aromatic N) is 3. The number of rotatable bonds is 5. The Morgan fingerprint density at radius 2 is 1.93 bits per heavy atom. The van der Waals surface area contributed by atoms with Crippen molar-refractivity contribution in [1.29, 1.82) is 0 Å². The summed E-state index contributed by atoms with van der Waals surface area (Å²) in [6.45, 7) is 1.68. The largest absolute Gasteiger partial charge is 0.496 e. The molecule has 0 fully saturated rings. The van der Waals surface area contributed by atoms with Gasteiger partial charge in [-0.05, 0) is 53.2 Å². The molecule has 3 N–H and O–H groups in total. The molecular formula is C20H20BrN5O3. The first-order chi connectivity index (χ1) is 13.9. The van der Waals surface area contributed by atoms with Gasteiger partial charge in [0.1, 0.15) is 5.75 Å². The zero-order chi connectivity index (χ0) is 21.0. The van der Waals surface area contributed by atoms with E-state index in [4.69, 9.17) is 9.94 Å². The first-order valence-corrected chi connectivity index (χ1v) is 9.45. The van der Waals surface area contributed by atoms with E-state index in [9.17, 15) is 4.79 Å². The highest BCUT2D eigenvalue weighted by Crippen LogP contribution is 2.36. The topological polar surface area (TPSA) is 101 Å². The van der Waals surface area contributed by atoms with Crippen molar-refractivity contribution in [3.05, 3.63) is 58.7 Å². The monoisotopic (exact) mass is 457 g/mol. The minimum Gasteiger partial charge on any atom is -0.496 e. The van der Waals surface area contributed by atoms with Gasteiger partial charge in [-0.3, -0.25) is 4.68 Å². The van der Waals surface area contributed by atoms with Crippen molar-refractivity contribution in [2.45, 2.75) is 6.92 Å². The Hall–Kier alpha value is -3.33. The first kappa shape index (κ1) is 20.4. The van der Waals surface area contributed by atoms with E-state index in [1.165, 1.54) is 0 Å². The number of amides is 2. The van der Waals surface area contributed by atoms with Crippen molar-refractivity contribution in [2.75, 3.05) is 17.7 Å². The second kappa shape index (κ2) is 8.78. The smallest absolute Gasteiger partial charge is 0.323 e. The first-order valence-electron chi connectivity index (χ1n) is 8.66. The van der Waals surface area contributed by atoms with Crippen molar-refractivity contribution in [1.82, 2.24) is 9.78 Å². The maximum atomic E-state index is 12.5. The van der Waals surface area contributed by atoms with Gasteiger partial charge in [-0.1, -0.05) is 17.3 Å². The lowest BCUT2D eigenvalue weighted by Crippen LogP contribution is -2.19. The lowest BCUT2D eigenvalue weighted by Gasteiger charge is -2.13. The van der Waals surface area contributed by atoms with E-state index in [0.717, 1.165) is 15.7 Å². The maximum Gasteiger partial charge on any atom is 0.323 e. The average molecular weight is 458 g/mol. The van der Waals surface area contributed by atoms with Crippen LogP contribution in [0.4, 0.5) is 16.2 Å². The number of hydrogen-bond donors (Lipinski definition) is 3. The Kier molecular flexibility index (Phi) is 6.18. The molecular weight excluding hydrogens is 438 g/mol. The fraction of sp³-hybridized carbons (Fsp3) is 0.150. The number of anilines is 2. The molecule has 2 amide bonds. The third kappa shape index (κ3) is 4.57. The van der Waals surface area contributed by atoms with Gasteiger partial charge in [0, 0.05) is 29.5 Å². The van der Waals surface area contributed by atoms with Crippen LogP contribution in [0.2, 0.25) is 0 Å². The Morgan fingerprint density at radius 3 is 2.55 bits per heavy atom. The number of halogens is 1. The highest BCUT2D eigenvalue weighted by atomic mass is 79.9. The number of carbonyl (C=O) groups is 1. The summed E-state index contributed by atoms with van der Waals surface area (Å²) in [6, 6.07) is 12.0. The van der Waals surface area contributed by atoms with Gasteiger partial charge in [-0.25, -0.2) is 4.79 Å². The Bertz CT molecular complexity index is 1060. The van der Waals surface area contributed by atoms with E-state index >= 15 is 0 Å². The van der Waals surface area contributed by atoms with Crippen LogP contribution in [0.3, 0.4) is 0 Å². The molecule has 0 bridgehead atoms. The third-order valence-corrected chi connectivity index (χ3v) is 4.88. The molecule has 8 nitrogen and oxygen atoms in total. The molecule has 3 aromatic rings. The van der Waals surface area contributed by atoms with Crippen LogP contribution >= 0.6 is 15.9 Å². The summed E-state index contributed by atoms with van der Waals surface area (Å²) in [5.41, 5.74) is 3.95. The fourth-order valence-electron chi connectivity index (χ4n) is 2.86. The van der Waals surface area contributed by atoms with E-state index in [-0.39, 0.29) is 0 Å². The zero-order valence-electron chi connectivity index (χ0n) is 16.1. The molecule has 0 unspecified atom stereocenters. The highest BCUT2D eigenvalue weighted by Gasteiger charge is 2.15. The molecule has 0 spiro atoms. The molecule has 29 heavy (non-hydrogen) atoms. The van der Waals surface area contributed by atoms with Crippen molar-refractivity contribution in [3.8, 4) is 17.0 Å². The second-order valence-electron chi connectivity index (χ2n) is 6.23. The van der Waals surface area contributed by atoms with Gasteiger partial charge in [0.05, 0.1) is 29.2 Å². The van der Waals surface area contributed by atoms with Gasteiger partial charge in [0.25, 0.3) is 0 Å². The summed E-state index contributed by atoms with van der Waals surface area (Å²) in [6.07, 6.45) is 1.70. The van der Waals surface area contributed by atoms with Crippen LogP contribution in [0, 0.1) is 0 Å². The average Bonchev–Trinajstić information content (AvgIpc) is 3.05. The van der Waals surface area contributed by atoms with Crippen LogP contribution in [0.15, 0.2) is 58.3 Å². The quantitative estimate of drug-likeness (QED) is 0.293. The summed E-state index contributed by atoms with van der Waals surface area (Å²) in [7, 11) is 3.42. The molecule has 1 aromatic heterocycles. The third-order valence-electron chi connectivity index (χ3n) is 4.29. The van der Waals surface area contributed by atoms with Gasteiger partial charge in [0.15, 0.2) is 0 Å². The number of hydrogen-bond acceptors (Lipinski definition) is 5. The maximum absolute atomic E-state index is 12.5. The van der Waals surface area contributed by atoms with Crippen LogP contribution in [-0.2, 0) is 7.05 Å². The van der Waals surface area contributed by atoms with Crippen LogP contribution < -0.4 is 15.4 Å². The standard InChI is InChI=1S/C20H20BrN5O3/c1-12(25-28)13-5-4-6-14(9-13)23-20(27)24-15-7-8-18(29-3)16(10-15)19-17(21)11-22-26(19)2/h4-11,28H,1-3H3,(H2,23,24,27). The minimum atomic E-state index is -0.402. The Labute approximate surface area is 176 Å². The number of carbonyl (C=O) groups excluding carboxylic acids is 1. The van der Waals surface area contributed by atoms with Crippen molar-refractivity contribution < 1.29 is 14.7 Å². The van der Waals surface area contributed by atoms with E-state index in [1.54, 1.807) is 61.3 Å². The number of aryl methyl sites for hydroxylation is 1. The van der Waals surface area contributed by atoms with Gasteiger partial charge in [0.2, 0.25) is 0 Å². The Balaban J connectivity index is 1.82. The van der Waals surface area contributed by atoms with Crippen molar-refractivity contribution in [2.24, 2.45) is 12.2 Å². The summed E-state index contributed by atoms with van der Waals surface area (Å²) in [4.78, 5) is 12.5. The summed E-state index contributed by atoms with van der Waals surface area (Å²) >= 11 is 3.50. The lowest BCUT2D eigenvalue weighted by molar-refractivity contribution is 0.262. The van der Waals surface area contributed by atoms with E-state index in [0.29, 0.717) is 28.4 Å². The number of aromatic nitrogens is 2. The van der Waals surface area contributed by atoms with Gasteiger partial charge in [-0.2, -0.15) is 5.10 Å². The molecule has 0 saturated carbocycles. The summed E-state index contributed by atoms with van der Waals surface area (Å²) in [5, 5.41) is 21.9. The van der Waals surface area contributed by atoms with Gasteiger partial charge >= 0.3 is 6.03 Å². The molecule has 0 aliphatic carbocycles.